The minimum Gasteiger partial charge on any atom is -0.481 e. The average molecular weight is 285 g/mol. The maximum atomic E-state index is 11.8. The van der Waals surface area contributed by atoms with Gasteiger partial charge in [0.1, 0.15) is 6.61 Å². The van der Waals surface area contributed by atoms with Crippen LogP contribution in [0.15, 0.2) is 0 Å². The molecule has 0 aromatic carbocycles. The van der Waals surface area contributed by atoms with Crippen molar-refractivity contribution in [2.24, 2.45) is 5.41 Å². The van der Waals surface area contributed by atoms with Gasteiger partial charge < -0.3 is 15.2 Å². The standard InChI is InChI=1S/C15H27NO4/c1-14(2,3)20-10-12(17)16-11-15(9-13(18)19)7-5-4-6-8-15/h4-11H2,1-3H3,(H,16,17)(H,18,19). The second kappa shape index (κ2) is 7.07. The van der Waals surface area contributed by atoms with Gasteiger partial charge in [0, 0.05) is 6.54 Å². The number of aliphatic carboxylic acids is 1. The molecule has 0 aromatic rings. The summed E-state index contributed by atoms with van der Waals surface area (Å²) in [4.78, 5) is 22.8. The van der Waals surface area contributed by atoms with E-state index in [1.807, 2.05) is 20.8 Å². The van der Waals surface area contributed by atoms with Gasteiger partial charge in [-0.25, -0.2) is 0 Å². The number of carboxylic acids is 1. The Kier molecular flexibility index (Phi) is 5.99. The quantitative estimate of drug-likeness (QED) is 0.785. The fraction of sp³-hybridized carbons (Fsp3) is 0.867. The zero-order valence-corrected chi connectivity index (χ0v) is 12.8. The topological polar surface area (TPSA) is 75.6 Å². The maximum absolute atomic E-state index is 11.8. The number of carbonyl (C=O) groups is 2. The number of amides is 1. The van der Waals surface area contributed by atoms with Gasteiger partial charge in [-0.15, -0.1) is 0 Å². The zero-order chi connectivity index (χ0) is 15.2. The third kappa shape index (κ3) is 6.37. The molecule has 1 rings (SSSR count). The fourth-order valence-electron chi connectivity index (χ4n) is 2.66. The van der Waals surface area contributed by atoms with Crippen LogP contribution in [0.1, 0.15) is 59.3 Å². The third-order valence-electron chi connectivity index (χ3n) is 3.74. The molecule has 0 saturated heterocycles. The molecule has 20 heavy (non-hydrogen) atoms. The summed E-state index contributed by atoms with van der Waals surface area (Å²) in [5, 5.41) is 11.9. The van der Waals surface area contributed by atoms with Crippen molar-refractivity contribution in [1.82, 2.24) is 5.32 Å². The first-order valence-electron chi connectivity index (χ1n) is 7.35. The highest BCUT2D eigenvalue weighted by Gasteiger charge is 2.34. The Morgan fingerprint density at radius 2 is 1.80 bits per heavy atom. The molecule has 1 saturated carbocycles. The van der Waals surface area contributed by atoms with Crippen molar-refractivity contribution in [2.75, 3.05) is 13.2 Å². The van der Waals surface area contributed by atoms with Crippen molar-refractivity contribution < 1.29 is 19.4 Å². The Morgan fingerprint density at radius 3 is 2.30 bits per heavy atom. The van der Waals surface area contributed by atoms with Crippen molar-refractivity contribution >= 4 is 11.9 Å². The van der Waals surface area contributed by atoms with E-state index in [0.717, 1.165) is 32.1 Å². The summed E-state index contributed by atoms with van der Waals surface area (Å²) < 4.78 is 5.42. The number of nitrogens with one attached hydrogen (secondary N) is 1. The first-order chi connectivity index (χ1) is 9.22. The lowest BCUT2D eigenvalue weighted by molar-refractivity contribution is -0.141. The zero-order valence-electron chi connectivity index (χ0n) is 12.8. The molecule has 0 unspecified atom stereocenters. The molecule has 116 valence electrons. The van der Waals surface area contributed by atoms with E-state index in [-0.39, 0.29) is 30.0 Å². The molecule has 1 fully saturated rings. The van der Waals surface area contributed by atoms with Crippen LogP contribution in [-0.2, 0) is 14.3 Å². The summed E-state index contributed by atoms with van der Waals surface area (Å²) in [6, 6.07) is 0. The van der Waals surface area contributed by atoms with E-state index < -0.39 is 5.97 Å². The molecule has 0 aliphatic heterocycles. The molecular weight excluding hydrogens is 258 g/mol. The molecule has 1 amide bonds. The highest BCUT2D eigenvalue weighted by Crippen LogP contribution is 2.38. The Balaban J connectivity index is 2.45. The second-order valence-corrected chi connectivity index (χ2v) is 6.81. The Labute approximate surface area is 121 Å². The predicted molar refractivity (Wildman–Crippen MR) is 76.5 cm³/mol. The van der Waals surface area contributed by atoms with Crippen LogP contribution in [0.25, 0.3) is 0 Å². The van der Waals surface area contributed by atoms with E-state index in [1.165, 1.54) is 0 Å². The first-order valence-corrected chi connectivity index (χ1v) is 7.35. The molecule has 1 aliphatic rings. The van der Waals surface area contributed by atoms with Gasteiger partial charge in [-0.1, -0.05) is 19.3 Å². The SMILES string of the molecule is CC(C)(C)OCC(=O)NCC1(CC(=O)O)CCCCC1. The van der Waals surface area contributed by atoms with Gasteiger partial charge >= 0.3 is 5.97 Å². The lowest BCUT2D eigenvalue weighted by Crippen LogP contribution is -2.42. The normalized spacial score (nSPS) is 18.6. The Hall–Kier alpha value is -1.10. The van der Waals surface area contributed by atoms with Crippen molar-refractivity contribution in [2.45, 2.75) is 64.9 Å². The fourth-order valence-corrected chi connectivity index (χ4v) is 2.66. The van der Waals surface area contributed by atoms with Crippen LogP contribution in [0.4, 0.5) is 0 Å². The highest BCUT2D eigenvalue weighted by molar-refractivity contribution is 5.77. The summed E-state index contributed by atoms with van der Waals surface area (Å²) in [5.74, 6) is -0.956. The molecule has 0 atom stereocenters. The summed E-state index contributed by atoms with van der Waals surface area (Å²) in [5.41, 5.74) is -0.623. The van der Waals surface area contributed by atoms with Gasteiger partial charge in [0.2, 0.25) is 5.91 Å². The van der Waals surface area contributed by atoms with Gasteiger partial charge in [0.15, 0.2) is 0 Å². The van der Waals surface area contributed by atoms with Crippen LogP contribution in [0.2, 0.25) is 0 Å². The first kappa shape index (κ1) is 17.0. The molecule has 0 spiro atoms. The predicted octanol–water partition coefficient (Wildman–Crippen LogP) is 2.34. The maximum Gasteiger partial charge on any atom is 0.303 e. The van der Waals surface area contributed by atoms with Crippen molar-refractivity contribution in [1.29, 1.82) is 0 Å². The van der Waals surface area contributed by atoms with Crippen LogP contribution >= 0.6 is 0 Å². The van der Waals surface area contributed by atoms with E-state index in [9.17, 15) is 9.59 Å². The van der Waals surface area contributed by atoms with E-state index in [2.05, 4.69) is 5.32 Å². The highest BCUT2D eigenvalue weighted by atomic mass is 16.5. The molecule has 0 bridgehead atoms. The van der Waals surface area contributed by atoms with Crippen LogP contribution < -0.4 is 5.32 Å². The second-order valence-electron chi connectivity index (χ2n) is 6.81. The number of carboxylic acid groups (broad SMARTS) is 1. The summed E-state index contributed by atoms with van der Waals surface area (Å²) in [6.45, 7) is 6.15. The van der Waals surface area contributed by atoms with Crippen LogP contribution in [0, 0.1) is 5.41 Å². The monoisotopic (exact) mass is 285 g/mol. The van der Waals surface area contributed by atoms with Crippen molar-refractivity contribution in [3.8, 4) is 0 Å². The van der Waals surface area contributed by atoms with E-state index in [1.54, 1.807) is 0 Å². The van der Waals surface area contributed by atoms with E-state index in [0.29, 0.717) is 6.54 Å². The minimum atomic E-state index is -0.785. The number of carbonyl (C=O) groups excluding carboxylic acids is 1. The molecule has 0 heterocycles. The minimum absolute atomic E-state index is 0.0205. The van der Waals surface area contributed by atoms with Gasteiger partial charge in [0.05, 0.1) is 12.0 Å². The van der Waals surface area contributed by atoms with E-state index in [4.69, 9.17) is 9.84 Å². The largest absolute Gasteiger partial charge is 0.481 e. The third-order valence-corrected chi connectivity index (χ3v) is 3.74. The number of rotatable bonds is 6. The van der Waals surface area contributed by atoms with Crippen molar-refractivity contribution in [3.05, 3.63) is 0 Å². The molecular formula is C15H27NO4. The summed E-state index contributed by atoms with van der Waals surface area (Å²) in [6.07, 6.45) is 5.12. The smallest absolute Gasteiger partial charge is 0.303 e. The van der Waals surface area contributed by atoms with Crippen LogP contribution in [0.3, 0.4) is 0 Å². The Morgan fingerprint density at radius 1 is 1.20 bits per heavy atom. The lowest BCUT2D eigenvalue weighted by Gasteiger charge is -2.36. The molecule has 5 nitrogen and oxygen atoms in total. The number of ether oxygens (including phenoxy) is 1. The molecule has 0 aromatic heterocycles. The van der Waals surface area contributed by atoms with Gasteiger partial charge in [0.25, 0.3) is 0 Å². The number of hydrogen-bond donors (Lipinski definition) is 2. The van der Waals surface area contributed by atoms with Crippen LogP contribution in [-0.4, -0.2) is 35.7 Å². The van der Waals surface area contributed by atoms with Crippen LogP contribution in [0.5, 0.6) is 0 Å². The van der Waals surface area contributed by atoms with Gasteiger partial charge in [-0.2, -0.15) is 0 Å². The van der Waals surface area contributed by atoms with E-state index >= 15 is 0 Å². The molecule has 5 heteroatoms. The molecule has 2 N–H and O–H groups in total. The molecule has 0 radical (unpaired) electrons. The lowest BCUT2D eigenvalue weighted by atomic mass is 9.71. The summed E-state index contributed by atoms with van der Waals surface area (Å²) >= 11 is 0. The van der Waals surface area contributed by atoms with Crippen molar-refractivity contribution in [3.63, 3.8) is 0 Å². The van der Waals surface area contributed by atoms with Gasteiger partial charge in [-0.05, 0) is 39.0 Å². The number of hydrogen-bond acceptors (Lipinski definition) is 3. The van der Waals surface area contributed by atoms with Gasteiger partial charge in [-0.3, -0.25) is 9.59 Å². The summed E-state index contributed by atoms with van der Waals surface area (Å²) in [7, 11) is 0. The molecule has 1 aliphatic carbocycles. The Bertz CT molecular complexity index is 340. The average Bonchev–Trinajstić information content (AvgIpc) is 2.33.